The van der Waals surface area contributed by atoms with Gasteiger partial charge in [-0.3, -0.25) is 4.79 Å². The quantitative estimate of drug-likeness (QED) is 0.530. The molecule has 0 aliphatic carbocycles. The van der Waals surface area contributed by atoms with Crippen LogP contribution in [0.15, 0.2) is 48.7 Å². The first-order chi connectivity index (χ1) is 12.1. The molecular formula is C18H22N2O5. The van der Waals surface area contributed by atoms with Gasteiger partial charge in [0, 0.05) is 25.4 Å². The number of aliphatic carboxylic acids is 1. The van der Waals surface area contributed by atoms with E-state index in [-0.39, 0.29) is 19.6 Å². The standard InChI is InChI=1S/C18H22N2O5/c21-15(11-19-8-7-18(22)23)13-25-17-10-16(6-9-20-17)24-12-14-4-2-1-3-5-14/h1-6,9-10,15,19,21H,7-8,11-13H2,(H,22,23). The zero-order valence-electron chi connectivity index (χ0n) is 13.8. The van der Waals surface area contributed by atoms with Gasteiger partial charge in [-0.15, -0.1) is 0 Å². The Labute approximate surface area is 146 Å². The fraction of sp³-hybridized carbons (Fsp3) is 0.333. The van der Waals surface area contributed by atoms with Crippen molar-refractivity contribution in [3.63, 3.8) is 0 Å². The summed E-state index contributed by atoms with van der Waals surface area (Å²) in [6.07, 6.45) is 0.827. The van der Waals surface area contributed by atoms with Crippen LogP contribution < -0.4 is 14.8 Å². The van der Waals surface area contributed by atoms with Crippen LogP contribution in [0.3, 0.4) is 0 Å². The van der Waals surface area contributed by atoms with Crippen molar-refractivity contribution in [2.75, 3.05) is 19.7 Å². The summed E-state index contributed by atoms with van der Waals surface area (Å²) in [5, 5.41) is 21.2. The van der Waals surface area contributed by atoms with E-state index in [1.165, 1.54) is 0 Å². The molecule has 2 aromatic rings. The number of benzene rings is 1. The molecule has 0 saturated carbocycles. The minimum Gasteiger partial charge on any atom is -0.489 e. The van der Waals surface area contributed by atoms with Crippen molar-refractivity contribution in [3.05, 3.63) is 54.2 Å². The van der Waals surface area contributed by atoms with Crippen molar-refractivity contribution in [2.45, 2.75) is 19.1 Å². The van der Waals surface area contributed by atoms with Crippen LogP contribution in [0.25, 0.3) is 0 Å². The molecule has 1 aromatic heterocycles. The number of aromatic nitrogens is 1. The molecule has 0 radical (unpaired) electrons. The van der Waals surface area contributed by atoms with E-state index < -0.39 is 12.1 Å². The van der Waals surface area contributed by atoms with E-state index in [1.807, 2.05) is 30.3 Å². The van der Waals surface area contributed by atoms with Crippen LogP contribution in [0.2, 0.25) is 0 Å². The number of nitrogens with one attached hydrogen (secondary N) is 1. The number of hydrogen-bond acceptors (Lipinski definition) is 6. The van der Waals surface area contributed by atoms with Gasteiger partial charge in [-0.2, -0.15) is 0 Å². The molecule has 0 aliphatic heterocycles. The van der Waals surface area contributed by atoms with E-state index in [0.717, 1.165) is 5.56 Å². The molecule has 1 unspecified atom stereocenters. The lowest BCUT2D eigenvalue weighted by atomic mass is 10.2. The van der Waals surface area contributed by atoms with E-state index in [4.69, 9.17) is 14.6 Å². The molecule has 7 heteroatoms. The first-order valence-corrected chi connectivity index (χ1v) is 7.99. The summed E-state index contributed by atoms with van der Waals surface area (Å²) in [4.78, 5) is 14.5. The number of ether oxygens (including phenoxy) is 2. The second-order valence-electron chi connectivity index (χ2n) is 5.42. The van der Waals surface area contributed by atoms with Crippen molar-refractivity contribution in [3.8, 4) is 11.6 Å². The van der Waals surface area contributed by atoms with Gasteiger partial charge in [-0.05, 0) is 11.6 Å². The van der Waals surface area contributed by atoms with Crippen molar-refractivity contribution >= 4 is 5.97 Å². The third-order valence-corrected chi connectivity index (χ3v) is 3.27. The Kier molecular flexibility index (Phi) is 7.68. The number of carboxylic acid groups (broad SMARTS) is 1. The number of hydrogen-bond donors (Lipinski definition) is 3. The van der Waals surface area contributed by atoms with Gasteiger partial charge in [-0.25, -0.2) is 4.98 Å². The predicted molar refractivity (Wildman–Crippen MR) is 91.6 cm³/mol. The molecule has 0 aliphatic rings. The van der Waals surface area contributed by atoms with Crippen LogP contribution in [0, 0.1) is 0 Å². The number of aliphatic hydroxyl groups is 1. The van der Waals surface area contributed by atoms with Crippen LogP contribution >= 0.6 is 0 Å². The number of rotatable bonds is 11. The molecule has 0 bridgehead atoms. The fourth-order valence-electron chi connectivity index (χ4n) is 2.01. The van der Waals surface area contributed by atoms with Gasteiger partial charge in [0.25, 0.3) is 0 Å². The van der Waals surface area contributed by atoms with Crippen molar-refractivity contribution in [2.24, 2.45) is 0 Å². The minimum absolute atomic E-state index is 0.00985. The molecule has 7 nitrogen and oxygen atoms in total. The van der Waals surface area contributed by atoms with Crippen LogP contribution in [0.5, 0.6) is 11.6 Å². The number of pyridine rings is 1. The van der Waals surface area contributed by atoms with E-state index in [0.29, 0.717) is 24.8 Å². The zero-order valence-corrected chi connectivity index (χ0v) is 13.8. The summed E-state index contributed by atoms with van der Waals surface area (Å²) in [7, 11) is 0. The Morgan fingerprint density at radius 2 is 2.00 bits per heavy atom. The average molecular weight is 346 g/mol. The summed E-state index contributed by atoms with van der Waals surface area (Å²) < 4.78 is 11.1. The van der Waals surface area contributed by atoms with Crippen LogP contribution in [0.4, 0.5) is 0 Å². The highest BCUT2D eigenvalue weighted by molar-refractivity contribution is 5.66. The minimum atomic E-state index is -0.880. The lowest BCUT2D eigenvalue weighted by Gasteiger charge is -2.13. The highest BCUT2D eigenvalue weighted by atomic mass is 16.5. The number of aliphatic hydroxyl groups excluding tert-OH is 1. The molecule has 1 aromatic carbocycles. The summed E-state index contributed by atoms with van der Waals surface area (Å²) in [5.41, 5.74) is 1.06. The van der Waals surface area contributed by atoms with E-state index in [1.54, 1.807) is 18.3 Å². The molecule has 2 rings (SSSR count). The molecule has 1 atom stereocenters. The summed E-state index contributed by atoms with van der Waals surface area (Å²) in [6, 6.07) is 13.2. The number of nitrogens with zero attached hydrogens (tertiary/aromatic N) is 1. The average Bonchev–Trinajstić information content (AvgIpc) is 2.63. The van der Waals surface area contributed by atoms with Crippen molar-refractivity contribution < 1.29 is 24.5 Å². The Bertz CT molecular complexity index is 651. The summed E-state index contributed by atoms with van der Waals surface area (Å²) >= 11 is 0. The van der Waals surface area contributed by atoms with E-state index >= 15 is 0 Å². The van der Waals surface area contributed by atoms with Gasteiger partial charge in [-0.1, -0.05) is 30.3 Å². The van der Waals surface area contributed by atoms with Gasteiger partial charge >= 0.3 is 5.97 Å². The van der Waals surface area contributed by atoms with Gasteiger partial charge in [0.1, 0.15) is 25.1 Å². The maximum absolute atomic E-state index is 10.4. The van der Waals surface area contributed by atoms with Crippen molar-refractivity contribution in [1.82, 2.24) is 10.3 Å². The van der Waals surface area contributed by atoms with Gasteiger partial charge < -0.3 is 25.0 Å². The Morgan fingerprint density at radius 3 is 2.76 bits per heavy atom. The normalized spacial score (nSPS) is 11.7. The van der Waals surface area contributed by atoms with Crippen molar-refractivity contribution in [1.29, 1.82) is 0 Å². The summed E-state index contributed by atoms with van der Waals surface area (Å²) in [6.45, 7) is 1.04. The molecule has 0 fully saturated rings. The topological polar surface area (TPSA) is 101 Å². The Hall–Kier alpha value is -2.64. The van der Waals surface area contributed by atoms with Gasteiger partial charge in [0.2, 0.25) is 5.88 Å². The molecule has 0 spiro atoms. The first-order valence-electron chi connectivity index (χ1n) is 7.99. The van der Waals surface area contributed by atoms with E-state index in [9.17, 15) is 9.90 Å². The summed E-state index contributed by atoms with van der Waals surface area (Å²) in [5.74, 6) is 0.104. The molecule has 1 heterocycles. The lowest BCUT2D eigenvalue weighted by molar-refractivity contribution is -0.136. The molecule has 25 heavy (non-hydrogen) atoms. The second-order valence-corrected chi connectivity index (χ2v) is 5.42. The second kappa shape index (κ2) is 10.3. The monoisotopic (exact) mass is 346 g/mol. The number of carbonyl (C=O) groups is 1. The largest absolute Gasteiger partial charge is 0.489 e. The molecule has 0 saturated heterocycles. The molecule has 0 amide bonds. The highest BCUT2D eigenvalue weighted by Crippen LogP contribution is 2.17. The molecule has 3 N–H and O–H groups in total. The van der Waals surface area contributed by atoms with Crippen LogP contribution in [0.1, 0.15) is 12.0 Å². The maximum Gasteiger partial charge on any atom is 0.304 e. The predicted octanol–water partition coefficient (Wildman–Crippen LogP) is 1.46. The first kappa shape index (κ1) is 18.7. The zero-order chi connectivity index (χ0) is 17.9. The Morgan fingerprint density at radius 1 is 1.20 bits per heavy atom. The smallest absolute Gasteiger partial charge is 0.304 e. The number of carboxylic acids is 1. The van der Waals surface area contributed by atoms with Crippen LogP contribution in [-0.4, -0.2) is 47.0 Å². The van der Waals surface area contributed by atoms with E-state index in [2.05, 4.69) is 10.3 Å². The highest BCUT2D eigenvalue weighted by Gasteiger charge is 2.07. The van der Waals surface area contributed by atoms with Crippen LogP contribution in [-0.2, 0) is 11.4 Å². The van der Waals surface area contributed by atoms with Gasteiger partial charge in [0.15, 0.2) is 0 Å². The maximum atomic E-state index is 10.4. The molecular weight excluding hydrogens is 324 g/mol. The Balaban J connectivity index is 1.72. The third-order valence-electron chi connectivity index (χ3n) is 3.27. The SMILES string of the molecule is O=C(O)CCNCC(O)COc1cc(OCc2ccccc2)ccn1. The third kappa shape index (κ3) is 7.65. The van der Waals surface area contributed by atoms with Gasteiger partial charge in [0.05, 0.1) is 6.42 Å². The lowest BCUT2D eigenvalue weighted by Crippen LogP contribution is -2.32. The molecule has 134 valence electrons. The fourth-order valence-corrected chi connectivity index (χ4v) is 2.01.